The first-order chi connectivity index (χ1) is 30.7. The summed E-state index contributed by atoms with van der Waals surface area (Å²) in [4.78, 5) is 15.3. The van der Waals surface area contributed by atoms with E-state index in [1.165, 1.54) is 10.8 Å². The van der Waals surface area contributed by atoms with E-state index in [9.17, 15) is 0 Å². The van der Waals surface area contributed by atoms with E-state index in [4.69, 9.17) is 19.4 Å². The van der Waals surface area contributed by atoms with E-state index in [2.05, 4.69) is 180 Å². The molecule has 0 aliphatic rings. The summed E-state index contributed by atoms with van der Waals surface area (Å²) in [6.45, 7) is 0. The Balaban J connectivity index is 1.05. The summed E-state index contributed by atoms with van der Waals surface area (Å²) in [5, 5.41) is 4.55. The van der Waals surface area contributed by atoms with Gasteiger partial charge in [-0.3, -0.25) is 0 Å². The summed E-state index contributed by atoms with van der Waals surface area (Å²) in [7, 11) is 0. The number of fused-ring (bicyclic) bond motifs is 6. The van der Waals surface area contributed by atoms with Crippen molar-refractivity contribution in [3.8, 4) is 73.2 Å². The maximum Gasteiger partial charge on any atom is 0.164 e. The highest BCUT2D eigenvalue weighted by Crippen LogP contribution is 2.43. The molecule has 0 fully saturated rings. The number of hydrogen-bond acceptors (Lipinski definition) is 4. The molecule has 0 bridgehead atoms. The summed E-state index contributed by atoms with van der Waals surface area (Å²) >= 11 is 0. The summed E-state index contributed by atoms with van der Waals surface area (Å²) < 4.78 is 8.98. The van der Waals surface area contributed by atoms with Crippen LogP contribution in [0.3, 0.4) is 0 Å². The van der Waals surface area contributed by atoms with Crippen molar-refractivity contribution < 1.29 is 4.42 Å². The molecule has 0 saturated carbocycles. The highest BCUT2D eigenvalue weighted by Gasteiger charge is 2.21. The first-order valence-electron chi connectivity index (χ1n) is 20.8. The van der Waals surface area contributed by atoms with E-state index >= 15 is 0 Å². The van der Waals surface area contributed by atoms with Gasteiger partial charge in [0.05, 0.1) is 11.0 Å². The minimum absolute atomic E-state index is 0.605. The van der Waals surface area contributed by atoms with Gasteiger partial charge in [-0.25, -0.2) is 15.0 Å². The van der Waals surface area contributed by atoms with Crippen LogP contribution in [-0.2, 0) is 0 Å². The molecule has 0 spiro atoms. The largest absolute Gasteiger partial charge is 0.455 e. The van der Waals surface area contributed by atoms with Crippen LogP contribution < -0.4 is 0 Å². The Bertz CT molecular complexity index is 3610. The smallest absolute Gasteiger partial charge is 0.164 e. The molecular weight excluding hydrogens is 757 g/mol. The first-order valence-corrected chi connectivity index (χ1v) is 20.8. The Labute approximate surface area is 357 Å². The molecule has 12 aromatic rings. The van der Waals surface area contributed by atoms with Gasteiger partial charge >= 0.3 is 0 Å². The zero-order chi connectivity index (χ0) is 41.0. The van der Waals surface area contributed by atoms with Crippen molar-refractivity contribution in [3.05, 3.63) is 218 Å². The standard InChI is InChI=1S/C57H36N4O/c1-4-16-37(17-5-1)38-30-32-41(33-31-38)56-58-55(40-20-8-3-9-21-40)59-57(60-56)42-22-14-23-44(34-42)61-51-28-12-10-24-46(51)48-27-15-26-45(53(48)61)43-35-49(39-18-6-2-7-19-39)54-50(36-43)47-25-11-13-29-52(47)62-54/h1-36H. The topological polar surface area (TPSA) is 56.7 Å². The van der Waals surface area contributed by atoms with Gasteiger partial charge in [-0.05, 0) is 58.7 Å². The number of aromatic nitrogens is 4. The zero-order valence-corrected chi connectivity index (χ0v) is 33.5. The molecule has 290 valence electrons. The van der Waals surface area contributed by atoms with Crippen molar-refractivity contribution in [1.82, 2.24) is 19.5 Å². The Morgan fingerprint density at radius 1 is 0.323 bits per heavy atom. The lowest BCUT2D eigenvalue weighted by atomic mass is 9.94. The fourth-order valence-corrected chi connectivity index (χ4v) is 8.91. The third kappa shape index (κ3) is 6.06. The van der Waals surface area contributed by atoms with Gasteiger partial charge in [0.25, 0.3) is 0 Å². The molecule has 9 aromatic carbocycles. The Morgan fingerprint density at radius 3 is 1.60 bits per heavy atom. The quantitative estimate of drug-likeness (QED) is 0.161. The van der Waals surface area contributed by atoms with E-state index in [0.717, 1.165) is 88.7 Å². The summed E-state index contributed by atoms with van der Waals surface area (Å²) in [5.74, 6) is 1.85. The van der Waals surface area contributed by atoms with Gasteiger partial charge < -0.3 is 8.98 Å². The lowest BCUT2D eigenvalue weighted by molar-refractivity contribution is 0.670. The third-order valence-electron chi connectivity index (χ3n) is 11.8. The molecule has 3 aromatic heterocycles. The van der Waals surface area contributed by atoms with Crippen molar-refractivity contribution in [2.24, 2.45) is 0 Å². The monoisotopic (exact) mass is 792 g/mol. The molecule has 0 radical (unpaired) electrons. The van der Waals surface area contributed by atoms with Crippen molar-refractivity contribution in [3.63, 3.8) is 0 Å². The molecule has 0 unspecified atom stereocenters. The van der Waals surface area contributed by atoms with E-state index in [1.54, 1.807) is 0 Å². The third-order valence-corrected chi connectivity index (χ3v) is 11.8. The van der Waals surface area contributed by atoms with E-state index in [0.29, 0.717) is 17.5 Å². The van der Waals surface area contributed by atoms with Gasteiger partial charge in [0, 0.05) is 55.0 Å². The first kappa shape index (κ1) is 35.5. The molecule has 3 heterocycles. The van der Waals surface area contributed by atoms with Crippen LogP contribution in [0, 0.1) is 0 Å². The number of para-hydroxylation sites is 3. The molecule has 0 aliphatic carbocycles. The van der Waals surface area contributed by atoms with Crippen LogP contribution in [-0.4, -0.2) is 19.5 Å². The van der Waals surface area contributed by atoms with E-state index < -0.39 is 0 Å². The minimum atomic E-state index is 0.605. The molecule has 0 N–H and O–H groups in total. The van der Waals surface area contributed by atoms with E-state index in [-0.39, 0.29) is 0 Å². The van der Waals surface area contributed by atoms with Gasteiger partial charge in [-0.1, -0.05) is 182 Å². The van der Waals surface area contributed by atoms with Crippen LogP contribution in [0.1, 0.15) is 0 Å². The van der Waals surface area contributed by atoms with Crippen LogP contribution in [0.5, 0.6) is 0 Å². The summed E-state index contributed by atoms with van der Waals surface area (Å²) in [6.07, 6.45) is 0. The lowest BCUT2D eigenvalue weighted by Crippen LogP contribution is -2.01. The maximum absolute atomic E-state index is 6.59. The minimum Gasteiger partial charge on any atom is -0.455 e. The van der Waals surface area contributed by atoms with Crippen LogP contribution in [0.2, 0.25) is 0 Å². The fourth-order valence-electron chi connectivity index (χ4n) is 8.91. The van der Waals surface area contributed by atoms with Gasteiger partial charge in [-0.2, -0.15) is 0 Å². The van der Waals surface area contributed by atoms with Crippen molar-refractivity contribution in [1.29, 1.82) is 0 Å². The highest BCUT2D eigenvalue weighted by atomic mass is 16.3. The average molecular weight is 793 g/mol. The highest BCUT2D eigenvalue weighted by molar-refractivity contribution is 6.16. The van der Waals surface area contributed by atoms with Gasteiger partial charge in [0.1, 0.15) is 11.2 Å². The molecular formula is C57H36N4O. The molecule has 12 rings (SSSR count). The molecule has 0 amide bonds. The molecule has 5 nitrogen and oxygen atoms in total. The molecule has 5 heteroatoms. The van der Waals surface area contributed by atoms with Gasteiger partial charge in [0.2, 0.25) is 0 Å². The summed E-state index contributed by atoms with van der Waals surface area (Å²) in [5.41, 5.74) is 14.5. The molecule has 0 aliphatic heterocycles. The molecule has 0 atom stereocenters. The van der Waals surface area contributed by atoms with E-state index in [1.807, 2.05) is 42.5 Å². The second-order valence-corrected chi connectivity index (χ2v) is 15.6. The van der Waals surface area contributed by atoms with Gasteiger partial charge in [-0.15, -0.1) is 0 Å². The fraction of sp³-hybridized carbons (Fsp3) is 0. The van der Waals surface area contributed by atoms with Crippen molar-refractivity contribution in [2.75, 3.05) is 0 Å². The van der Waals surface area contributed by atoms with Crippen LogP contribution in [0.15, 0.2) is 223 Å². The van der Waals surface area contributed by atoms with Crippen LogP contribution >= 0.6 is 0 Å². The van der Waals surface area contributed by atoms with Crippen LogP contribution in [0.4, 0.5) is 0 Å². The SMILES string of the molecule is c1ccc(-c2ccc(-c3nc(-c4ccccc4)nc(-c4cccc(-n5c6ccccc6c6cccc(-c7cc(-c8ccccc8)c8oc9ccccc9c8c7)c65)c4)n3)cc2)cc1. The second-order valence-electron chi connectivity index (χ2n) is 15.6. The Hall–Kier alpha value is -8.41. The van der Waals surface area contributed by atoms with Crippen molar-refractivity contribution in [2.45, 2.75) is 0 Å². The van der Waals surface area contributed by atoms with Gasteiger partial charge in [0.15, 0.2) is 17.5 Å². The number of rotatable bonds is 7. The predicted octanol–water partition coefficient (Wildman–Crippen LogP) is 14.9. The zero-order valence-electron chi connectivity index (χ0n) is 33.5. The predicted molar refractivity (Wildman–Crippen MR) is 254 cm³/mol. The Morgan fingerprint density at radius 2 is 0.855 bits per heavy atom. The number of benzene rings is 9. The lowest BCUT2D eigenvalue weighted by Gasteiger charge is -2.14. The molecule has 0 saturated heterocycles. The normalized spacial score (nSPS) is 11.5. The average Bonchev–Trinajstić information content (AvgIpc) is 3.91. The summed E-state index contributed by atoms with van der Waals surface area (Å²) in [6, 6.07) is 76.3. The van der Waals surface area contributed by atoms with Crippen LogP contribution in [0.25, 0.3) is 117 Å². The Kier molecular flexibility index (Phi) is 8.42. The number of nitrogens with zero attached hydrogens (tertiary/aromatic N) is 4. The van der Waals surface area contributed by atoms with Crippen molar-refractivity contribution >= 4 is 43.7 Å². The second kappa shape index (κ2) is 14.7. The maximum atomic E-state index is 6.59. The number of hydrogen-bond donors (Lipinski definition) is 0. The molecule has 62 heavy (non-hydrogen) atoms. The number of furan rings is 1.